The molecule has 2 rings (SSSR count). The number of hydrogen-bond acceptors (Lipinski definition) is 3. The van der Waals surface area contributed by atoms with Crippen molar-refractivity contribution in [2.45, 2.75) is 6.18 Å². The minimum absolute atomic E-state index is 0.0917. The first kappa shape index (κ1) is 11.3. The number of halogens is 3. The summed E-state index contributed by atoms with van der Waals surface area (Å²) in [6.45, 7) is 0. The summed E-state index contributed by atoms with van der Waals surface area (Å²) in [6.07, 6.45) is -3.46. The summed E-state index contributed by atoms with van der Waals surface area (Å²) in [5.41, 5.74) is -0.910. The number of aromatic nitrogens is 1. The van der Waals surface area contributed by atoms with Crippen LogP contribution in [-0.2, 0) is 6.18 Å². The van der Waals surface area contributed by atoms with Gasteiger partial charge in [-0.1, -0.05) is 0 Å². The highest BCUT2D eigenvalue weighted by molar-refractivity contribution is 5.81. The Labute approximate surface area is 92.8 Å². The molecular weight excluding hydrogens is 237 g/mol. The number of hydrogen-bond donors (Lipinski definition) is 0. The zero-order valence-corrected chi connectivity index (χ0v) is 8.23. The van der Waals surface area contributed by atoms with Crippen LogP contribution in [0, 0.1) is 10.1 Å². The van der Waals surface area contributed by atoms with E-state index in [4.69, 9.17) is 0 Å². The van der Waals surface area contributed by atoms with Crippen molar-refractivity contribution < 1.29 is 18.1 Å². The second-order valence-corrected chi connectivity index (χ2v) is 3.36. The van der Waals surface area contributed by atoms with Gasteiger partial charge in [0.1, 0.15) is 6.20 Å². The Morgan fingerprint density at radius 3 is 2.53 bits per heavy atom. The number of pyridine rings is 1. The molecule has 0 N–H and O–H groups in total. The lowest BCUT2D eigenvalue weighted by molar-refractivity contribution is -0.385. The van der Waals surface area contributed by atoms with E-state index >= 15 is 0 Å². The number of nitro groups is 1. The van der Waals surface area contributed by atoms with Crippen molar-refractivity contribution in [1.29, 1.82) is 0 Å². The number of alkyl halides is 3. The van der Waals surface area contributed by atoms with Crippen LogP contribution in [0.15, 0.2) is 30.5 Å². The van der Waals surface area contributed by atoms with Crippen LogP contribution in [0.1, 0.15) is 5.56 Å². The molecule has 0 saturated heterocycles. The summed E-state index contributed by atoms with van der Waals surface area (Å²) in [5.74, 6) is 0. The van der Waals surface area contributed by atoms with E-state index < -0.39 is 16.7 Å². The van der Waals surface area contributed by atoms with Gasteiger partial charge in [0.15, 0.2) is 0 Å². The lowest BCUT2D eigenvalue weighted by Gasteiger charge is -2.06. The molecule has 0 saturated carbocycles. The van der Waals surface area contributed by atoms with E-state index in [1.54, 1.807) is 0 Å². The summed E-state index contributed by atoms with van der Waals surface area (Å²) in [5, 5.41) is 10.6. The van der Waals surface area contributed by atoms with Gasteiger partial charge in [-0.15, -0.1) is 0 Å². The average molecular weight is 242 g/mol. The second-order valence-electron chi connectivity index (χ2n) is 3.36. The Kier molecular flexibility index (Phi) is 2.45. The van der Waals surface area contributed by atoms with Crippen LogP contribution in [0.5, 0.6) is 0 Å². The van der Waals surface area contributed by atoms with Crippen molar-refractivity contribution in [3.63, 3.8) is 0 Å². The van der Waals surface area contributed by atoms with Gasteiger partial charge in [-0.25, -0.2) is 4.98 Å². The first-order valence-electron chi connectivity index (χ1n) is 4.49. The first-order valence-corrected chi connectivity index (χ1v) is 4.49. The highest BCUT2D eigenvalue weighted by Crippen LogP contribution is 2.31. The van der Waals surface area contributed by atoms with E-state index in [0.29, 0.717) is 0 Å². The lowest BCUT2D eigenvalue weighted by atomic mass is 10.1. The van der Waals surface area contributed by atoms with Gasteiger partial charge in [0, 0.05) is 11.5 Å². The zero-order valence-electron chi connectivity index (χ0n) is 8.23. The molecule has 0 fully saturated rings. The Balaban J connectivity index is 2.62. The van der Waals surface area contributed by atoms with Crippen LogP contribution < -0.4 is 0 Å². The van der Waals surface area contributed by atoms with E-state index in [9.17, 15) is 23.3 Å². The molecule has 0 unspecified atom stereocenters. The number of rotatable bonds is 1. The van der Waals surface area contributed by atoms with Crippen LogP contribution >= 0.6 is 0 Å². The van der Waals surface area contributed by atoms with Gasteiger partial charge in [-0.2, -0.15) is 13.2 Å². The SMILES string of the molecule is O=[N+]([O-])c1cnc2ccc(C(F)(F)F)cc2c1. The van der Waals surface area contributed by atoms with Crippen LogP contribution in [0.4, 0.5) is 18.9 Å². The molecule has 7 heteroatoms. The van der Waals surface area contributed by atoms with Crippen molar-refractivity contribution in [2.24, 2.45) is 0 Å². The normalized spacial score (nSPS) is 11.7. The third-order valence-corrected chi connectivity index (χ3v) is 2.20. The van der Waals surface area contributed by atoms with Gasteiger partial charge in [-0.05, 0) is 18.2 Å². The topological polar surface area (TPSA) is 56.0 Å². The number of nitrogens with zero attached hydrogens (tertiary/aromatic N) is 2. The highest BCUT2D eigenvalue weighted by Gasteiger charge is 2.30. The third kappa shape index (κ3) is 2.17. The molecule has 88 valence electrons. The Morgan fingerprint density at radius 1 is 1.24 bits per heavy atom. The fourth-order valence-electron chi connectivity index (χ4n) is 1.40. The molecule has 1 heterocycles. The van der Waals surface area contributed by atoms with Crippen LogP contribution in [-0.4, -0.2) is 9.91 Å². The number of fused-ring (bicyclic) bond motifs is 1. The maximum absolute atomic E-state index is 12.4. The maximum atomic E-state index is 12.4. The third-order valence-electron chi connectivity index (χ3n) is 2.20. The molecule has 0 amide bonds. The molecule has 1 aromatic heterocycles. The molecule has 0 bridgehead atoms. The van der Waals surface area contributed by atoms with Gasteiger partial charge >= 0.3 is 6.18 Å². The zero-order chi connectivity index (χ0) is 12.6. The standard InChI is InChI=1S/C10H5F3N2O2/c11-10(12,13)7-1-2-9-6(3-7)4-8(5-14-9)15(16)17/h1-5H. The number of benzene rings is 1. The van der Waals surface area contributed by atoms with E-state index in [0.717, 1.165) is 24.4 Å². The summed E-state index contributed by atoms with van der Waals surface area (Å²) >= 11 is 0. The minimum atomic E-state index is -4.47. The summed E-state index contributed by atoms with van der Waals surface area (Å²) in [4.78, 5) is 13.5. The second kappa shape index (κ2) is 3.69. The molecule has 0 radical (unpaired) electrons. The van der Waals surface area contributed by atoms with Crippen molar-refractivity contribution in [3.8, 4) is 0 Å². The van der Waals surface area contributed by atoms with E-state index in [-0.39, 0.29) is 16.6 Å². The van der Waals surface area contributed by atoms with Gasteiger partial charge in [0.05, 0.1) is 16.0 Å². The molecule has 4 nitrogen and oxygen atoms in total. The van der Waals surface area contributed by atoms with Crippen LogP contribution in [0.25, 0.3) is 10.9 Å². The molecule has 1 aromatic carbocycles. The van der Waals surface area contributed by atoms with E-state index in [2.05, 4.69) is 4.98 Å². The molecule has 0 aliphatic rings. The Bertz CT molecular complexity index is 596. The first-order chi connectivity index (χ1) is 7.88. The molecule has 2 aromatic rings. The fraction of sp³-hybridized carbons (Fsp3) is 0.100. The molecule has 0 atom stereocenters. The largest absolute Gasteiger partial charge is 0.416 e. The maximum Gasteiger partial charge on any atom is 0.416 e. The van der Waals surface area contributed by atoms with Crippen molar-refractivity contribution in [2.75, 3.05) is 0 Å². The predicted octanol–water partition coefficient (Wildman–Crippen LogP) is 3.16. The fourth-order valence-corrected chi connectivity index (χ4v) is 1.40. The average Bonchev–Trinajstić information content (AvgIpc) is 2.26. The van der Waals surface area contributed by atoms with E-state index in [1.807, 2.05) is 0 Å². The van der Waals surface area contributed by atoms with Crippen LogP contribution in [0.2, 0.25) is 0 Å². The van der Waals surface area contributed by atoms with E-state index in [1.165, 1.54) is 6.07 Å². The van der Waals surface area contributed by atoms with Gasteiger partial charge in [0.2, 0.25) is 0 Å². The van der Waals surface area contributed by atoms with Crippen molar-refractivity contribution in [1.82, 2.24) is 4.98 Å². The molecule has 0 aliphatic heterocycles. The van der Waals surface area contributed by atoms with Crippen molar-refractivity contribution in [3.05, 3.63) is 46.1 Å². The molecule has 0 aliphatic carbocycles. The van der Waals surface area contributed by atoms with Gasteiger partial charge in [-0.3, -0.25) is 10.1 Å². The molecular formula is C10H5F3N2O2. The smallest absolute Gasteiger partial charge is 0.258 e. The molecule has 17 heavy (non-hydrogen) atoms. The highest BCUT2D eigenvalue weighted by atomic mass is 19.4. The monoisotopic (exact) mass is 242 g/mol. The predicted molar refractivity (Wildman–Crippen MR) is 53.4 cm³/mol. The summed E-state index contributed by atoms with van der Waals surface area (Å²) in [6, 6.07) is 3.98. The lowest BCUT2D eigenvalue weighted by Crippen LogP contribution is -2.04. The minimum Gasteiger partial charge on any atom is -0.258 e. The Hall–Kier alpha value is -2.18. The molecule has 0 spiro atoms. The summed E-state index contributed by atoms with van der Waals surface area (Å²) in [7, 11) is 0. The quantitative estimate of drug-likeness (QED) is 0.570. The van der Waals surface area contributed by atoms with Gasteiger partial charge < -0.3 is 0 Å². The van der Waals surface area contributed by atoms with Gasteiger partial charge in [0.25, 0.3) is 5.69 Å². The van der Waals surface area contributed by atoms with Crippen LogP contribution in [0.3, 0.4) is 0 Å². The Morgan fingerprint density at radius 2 is 1.94 bits per heavy atom. The van der Waals surface area contributed by atoms with Crippen molar-refractivity contribution >= 4 is 16.6 Å². The summed E-state index contributed by atoms with van der Waals surface area (Å²) < 4.78 is 37.3.